The number of aliphatic hydroxyl groups is 1. The lowest BCUT2D eigenvalue weighted by Crippen LogP contribution is -2.42. The average molecular weight is 286 g/mol. The van der Waals surface area contributed by atoms with Crippen LogP contribution in [0.2, 0.25) is 5.15 Å². The first-order valence-corrected chi connectivity index (χ1v) is 7.47. The Morgan fingerprint density at radius 1 is 1.47 bits per heavy atom. The molecule has 0 bridgehead atoms. The molecular formula is C14H24ClN3O. The van der Waals surface area contributed by atoms with Crippen molar-refractivity contribution in [2.75, 3.05) is 6.54 Å². The van der Waals surface area contributed by atoms with Gasteiger partial charge in [-0.3, -0.25) is 4.68 Å². The molecule has 0 unspecified atom stereocenters. The third-order valence-electron chi connectivity index (χ3n) is 4.18. The van der Waals surface area contributed by atoms with E-state index >= 15 is 0 Å². The standard InChI is InChI=1S/C14H24ClN3O/c1-4-16-11-5-7-14(19,8-6-11)9-12-10(2)17-18(3)13(12)15/h11,16,19H,4-9H2,1-3H3. The maximum absolute atomic E-state index is 10.7. The molecule has 2 rings (SSSR count). The van der Waals surface area contributed by atoms with Crippen LogP contribution in [-0.4, -0.2) is 33.1 Å². The van der Waals surface area contributed by atoms with Gasteiger partial charge in [0.2, 0.25) is 0 Å². The summed E-state index contributed by atoms with van der Waals surface area (Å²) in [5.41, 5.74) is 1.30. The predicted octanol–water partition coefficient (Wildman–Crippen LogP) is 2.21. The molecule has 0 amide bonds. The van der Waals surface area contributed by atoms with Crippen LogP contribution in [-0.2, 0) is 13.5 Å². The topological polar surface area (TPSA) is 50.1 Å². The molecule has 1 aromatic heterocycles. The van der Waals surface area contributed by atoms with Crippen LogP contribution in [0, 0.1) is 6.92 Å². The van der Waals surface area contributed by atoms with Gasteiger partial charge in [-0.2, -0.15) is 5.10 Å². The van der Waals surface area contributed by atoms with Gasteiger partial charge < -0.3 is 10.4 Å². The van der Waals surface area contributed by atoms with Crippen LogP contribution >= 0.6 is 11.6 Å². The van der Waals surface area contributed by atoms with Gasteiger partial charge in [0.25, 0.3) is 0 Å². The highest BCUT2D eigenvalue weighted by molar-refractivity contribution is 6.30. The predicted molar refractivity (Wildman–Crippen MR) is 77.5 cm³/mol. The Hall–Kier alpha value is -0.580. The number of hydrogen-bond donors (Lipinski definition) is 2. The molecule has 1 saturated carbocycles. The summed E-state index contributed by atoms with van der Waals surface area (Å²) in [7, 11) is 1.84. The molecule has 1 aliphatic rings. The van der Waals surface area contributed by atoms with Crippen molar-refractivity contribution in [3.63, 3.8) is 0 Å². The molecule has 0 atom stereocenters. The number of aryl methyl sites for hydroxylation is 2. The van der Waals surface area contributed by atoms with E-state index in [0.717, 1.165) is 43.5 Å². The highest BCUT2D eigenvalue weighted by Gasteiger charge is 2.34. The quantitative estimate of drug-likeness (QED) is 0.892. The van der Waals surface area contributed by atoms with Crippen LogP contribution in [0.15, 0.2) is 0 Å². The fraction of sp³-hybridized carbons (Fsp3) is 0.786. The lowest BCUT2D eigenvalue weighted by molar-refractivity contribution is -0.00306. The molecule has 5 heteroatoms. The van der Waals surface area contributed by atoms with Crippen molar-refractivity contribution >= 4 is 11.6 Å². The summed E-state index contributed by atoms with van der Waals surface area (Å²) in [6.45, 7) is 5.07. The zero-order valence-electron chi connectivity index (χ0n) is 12.0. The maximum atomic E-state index is 10.7. The first-order chi connectivity index (χ1) is 8.95. The summed E-state index contributed by atoms with van der Waals surface area (Å²) in [5, 5.41) is 19.2. The largest absolute Gasteiger partial charge is 0.390 e. The zero-order chi connectivity index (χ0) is 14.0. The SMILES string of the molecule is CCNC1CCC(O)(Cc2c(C)nn(C)c2Cl)CC1. The summed E-state index contributed by atoms with van der Waals surface area (Å²) in [4.78, 5) is 0. The van der Waals surface area contributed by atoms with Gasteiger partial charge in [0.1, 0.15) is 5.15 Å². The molecule has 108 valence electrons. The van der Waals surface area contributed by atoms with E-state index in [1.165, 1.54) is 0 Å². The monoisotopic (exact) mass is 285 g/mol. The van der Waals surface area contributed by atoms with Crippen molar-refractivity contribution in [2.24, 2.45) is 7.05 Å². The van der Waals surface area contributed by atoms with Crippen LogP contribution in [0.5, 0.6) is 0 Å². The number of hydrogen-bond acceptors (Lipinski definition) is 3. The highest BCUT2D eigenvalue weighted by atomic mass is 35.5. The van der Waals surface area contributed by atoms with Gasteiger partial charge in [-0.05, 0) is 39.2 Å². The van der Waals surface area contributed by atoms with Crippen LogP contribution in [0.3, 0.4) is 0 Å². The Morgan fingerprint density at radius 2 is 2.11 bits per heavy atom. The lowest BCUT2D eigenvalue weighted by Gasteiger charge is -2.36. The van der Waals surface area contributed by atoms with Crippen LogP contribution in [0.1, 0.15) is 43.9 Å². The second-order valence-corrected chi connectivity index (χ2v) is 6.07. The normalized spacial score (nSPS) is 27.7. The molecule has 0 aliphatic heterocycles. The van der Waals surface area contributed by atoms with E-state index in [1.807, 2.05) is 14.0 Å². The molecule has 19 heavy (non-hydrogen) atoms. The molecule has 1 fully saturated rings. The molecule has 1 heterocycles. The van der Waals surface area contributed by atoms with Crippen molar-refractivity contribution in [3.05, 3.63) is 16.4 Å². The second kappa shape index (κ2) is 5.81. The minimum absolute atomic E-state index is 0.552. The van der Waals surface area contributed by atoms with Gasteiger partial charge in [0, 0.05) is 25.1 Å². The number of nitrogens with one attached hydrogen (secondary N) is 1. The molecular weight excluding hydrogens is 262 g/mol. The minimum atomic E-state index is -0.622. The van der Waals surface area contributed by atoms with Crippen LogP contribution in [0.25, 0.3) is 0 Å². The van der Waals surface area contributed by atoms with E-state index in [1.54, 1.807) is 4.68 Å². The van der Waals surface area contributed by atoms with Gasteiger partial charge in [-0.25, -0.2) is 0 Å². The van der Waals surface area contributed by atoms with Gasteiger partial charge in [-0.1, -0.05) is 18.5 Å². The van der Waals surface area contributed by atoms with E-state index in [9.17, 15) is 5.11 Å². The van der Waals surface area contributed by atoms with Crippen LogP contribution in [0.4, 0.5) is 0 Å². The van der Waals surface area contributed by atoms with Gasteiger partial charge in [-0.15, -0.1) is 0 Å². The Morgan fingerprint density at radius 3 is 2.58 bits per heavy atom. The Balaban J connectivity index is 2.03. The summed E-state index contributed by atoms with van der Waals surface area (Å²) < 4.78 is 1.68. The van der Waals surface area contributed by atoms with Gasteiger partial charge >= 0.3 is 0 Å². The summed E-state index contributed by atoms with van der Waals surface area (Å²) >= 11 is 6.25. The summed E-state index contributed by atoms with van der Waals surface area (Å²) in [5.74, 6) is 0. The maximum Gasteiger partial charge on any atom is 0.130 e. The van der Waals surface area contributed by atoms with Crippen molar-refractivity contribution < 1.29 is 5.11 Å². The first-order valence-electron chi connectivity index (χ1n) is 7.09. The number of aromatic nitrogens is 2. The number of nitrogens with zero attached hydrogens (tertiary/aromatic N) is 2. The molecule has 4 nitrogen and oxygen atoms in total. The Labute approximate surface area is 120 Å². The molecule has 0 aromatic carbocycles. The van der Waals surface area contributed by atoms with E-state index in [4.69, 9.17) is 11.6 Å². The molecule has 2 N–H and O–H groups in total. The van der Waals surface area contributed by atoms with Crippen molar-refractivity contribution in [1.82, 2.24) is 15.1 Å². The summed E-state index contributed by atoms with van der Waals surface area (Å²) in [6, 6.07) is 0.552. The number of rotatable bonds is 4. The third-order valence-corrected chi connectivity index (χ3v) is 4.66. The molecule has 0 spiro atoms. The highest BCUT2D eigenvalue weighted by Crippen LogP contribution is 2.34. The average Bonchev–Trinajstić information content (AvgIpc) is 2.60. The van der Waals surface area contributed by atoms with Crippen molar-refractivity contribution in [1.29, 1.82) is 0 Å². The van der Waals surface area contributed by atoms with Crippen molar-refractivity contribution in [2.45, 2.75) is 57.6 Å². The van der Waals surface area contributed by atoms with E-state index < -0.39 is 5.60 Å². The van der Waals surface area contributed by atoms with Crippen molar-refractivity contribution in [3.8, 4) is 0 Å². The Bertz CT molecular complexity index is 436. The molecule has 0 radical (unpaired) electrons. The van der Waals surface area contributed by atoms with Crippen LogP contribution < -0.4 is 5.32 Å². The zero-order valence-corrected chi connectivity index (χ0v) is 12.8. The van der Waals surface area contributed by atoms with Gasteiger partial charge in [0.05, 0.1) is 11.3 Å². The molecule has 1 aliphatic carbocycles. The van der Waals surface area contributed by atoms with E-state index in [2.05, 4.69) is 17.3 Å². The summed E-state index contributed by atoms with van der Waals surface area (Å²) in [6.07, 6.45) is 4.33. The van der Waals surface area contributed by atoms with E-state index in [-0.39, 0.29) is 0 Å². The van der Waals surface area contributed by atoms with E-state index in [0.29, 0.717) is 17.6 Å². The third kappa shape index (κ3) is 3.30. The smallest absolute Gasteiger partial charge is 0.130 e. The Kier molecular flexibility index (Phi) is 4.54. The fourth-order valence-electron chi connectivity index (χ4n) is 3.03. The fourth-order valence-corrected chi connectivity index (χ4v) is 3.27. The minimum Gasteiger partial charge on any atom is -0.390 e. The van der Waals surface area contributed by atoms with Gasteiger partial charge in [0.15, 0.2) is 0 Å². The number of halogens is 1. The lowest BCUT2D eigenvalue weighted by atomic mass is 9.78. The molecule has 0 saturated heterocycles. The second-order valence-electron chi connectivity index (χ2n) is 5.71. The molecule has 1 aromatic rings. The first kappa shape index (κ1) is 14.8.